The molecule has 0 aliphatic carbocycles. The first-order chi connectivity index (χ1) is 15.3. The van der Waals surface area contributed by atoms with E-state index in [0.717, 1.165) is 35.5 Å². The van der Waals surface area contributed by atoms with Crippen molar-refractivity contribution in [1.29, 1.82) is 0 Å². The molecule has 3 heterocycles. The van der Waals surface area contributed by atoms with Crippen LogP contribution in [-0.2, 0) is 10.0 Å². The van der Waals surface area contributed by atoms with E-state index < -0.39 is 10.0 Å². The van der Waals surface area contributed by atoms with Crippen molar-refractivity contribution in [3.05, 3.63) is 41.9 Å². The van der Waals surface area contributed by atoms with E-state index in [0.29, 0.717) is 30.5 Å². The van der Waals surface area contributed by atoms with E-state index in [1.807, 2.05) is 26.0 Å². The van der Waals surface area contributed by atoms with E-state index in [9.17, 15) is 8.42 Å². The number of methoxy groups -OCH3 is 1. The van der Waals surface area contributed by atoms with Gasteiger partial charge in [0.05, 0.1) is 13.3 Å². The lowest BCUT2D eigenvalue weighted by molar-refractivity contribution is 0.164. The summed E-state index contributed by atoms with van der Waals surface area (Å²) >= 11 is 0. The molecular weight excluding hydrogens is 426 g/mol. The lowest BCUT2D eigenvalue weighted by Gasteiger charge is -2.33. The highest BCUT2D eigenvalue weighted by Gasteiger charge is 2.23. The average molecular weight is 458 g/mol. The van der Waals surface area contributed by atoms with Crippen molar-refractivity contribution in [2.24, 2.45) is 0 Å². The van der Waals surface area contributed by atoms with Gasteiger partial charge in [0.1, 0.15) is 10.6 Å². The molecule has 8 nitrogen and oxygen atoms in total. The number of rotatable bonds is 7. The highest BCUT2D eigenvalue weighted by Crippen LogP contribution is 2.32. The van der Waals surface area contributed by atoms with Crippen LogP contribution >= 0.6 is 0 Å². The third-order valence-electron chi connectivity index (χ3n) is 6.17. The number of sulfonamides is 1. The van der Waals surface area contributed by atoms with Crippen LogP contribution < -0.4 is 9.46 Å². The standard InChI is InChI=1S/C23H31N5O3S/c1-16-13-18(3)28-23(26-16)20(15-24-28)19-8-9-21(31-4)22(14-19)32(29,30)25-10-12-27-11-6-5-7-17(27)2/h8-9,13-15,17,25H,5-7,10-12H2,1-4H3. The Balaban J connectivity index is 1.62. The van der Waals surface area contributed by atoms with Gasteiger partial charge in [0.2, 0.25) is 10.0 Å². The van der Waals surface area contributed by atoms with Gasteiger partial charge in [-0.2, -0.15) is 5.10 Å². The third-order valence-corrected chi connectivity index (χ3v) is 7.66. The lowest BCUT2D eigenvalue weighted by atomic mass is 10.0. The van der Waals surface area contributed by atoms with E-state index in [1.54, 1.807) is 22.8 Å². The van der Waals surface area contributed by atoms with Gasteiger partial charge in [0.15, 0.2) is 5.65 Å². The molecule has 0 amide bonds. The molecule has 1 aliphatic rings. The zero-order chi connectivity index (χ0) is 22.9. The van der Waals surface area contributed by atoms with Gasteiger partial charge < -0.3 is 4.74 Å². The first-order valence-electron chi connectivity index (χ1n) is 11.0. The highest BCUT2D eigenvalue weighted by atomic mass is 32.2. The molecule has 2 aromatic heterocycles. The Labute approximate surface area is 189 Å². The van der Waals surface area contributed by atoms with Gasteiger partial charge >= 0.3 is 0 Å². The molecular formula is C23H31N5O3S. The van der Waals surface area contributed by atoms with E-state index >= 15 is 0 Å². The smallest absolute Gasteiger partial charge is 0.244 e. The molecule has 32 heavy (non-hydrogen) atoms. The molecule has 0 radical (unpaired) electrons. The van der Waals surface area contributed by atoms with Gasteiger partial charge in [-0.15, -0.1) is 0 Å². The van der Waals surface area contributed by atoms with Crippen LogP contribution in [-0.4, -0.2) is 60.7 Å². The SMILES string of the molecule is COc1ccc(-c2cnn3c(C)cc(C)nc23)cc1S(=O)(=O)NCCN1CCCCC1C. The van der Waals surface area contributed by atoms with Crippen molar-refractivity contribution in [2.45, 2.75) is 51.0 Å². The van der Waals surface area contributed by atoms with E-state index in [1.165, 1.54) is 20.0 Å². The minimum Gasteiger partial charge on any atom is -0.495 e. The summed E-state index contributed by atoms with van der Waals surface area (Å²) < 4.78 is 36.3. The summed E-state index contributed by atoms with van der Waals surface area (Å²) in [5, 5.41) is 4.43. The molecule has 1 N–H and O–H groups in total. The molecule has 1 aromatic carbocycles. The molecule has 1 saturated heterocycles. The molecule has 1 atom stereocenters. The predicted molar refractivity (Wildman–Crippen MR) is 125 cm³/mol. The van der Waals surface area contributed by atoms with Crippen LogP contribution in [0.2, 0.25) is 0 Å². The third kappa shape index (κ3) is 4.51. The summed E-state index contributed by atoms with van der Waals surface area (Å²) in [7, 11) is -2.27. The molecule has 0 bridgehead atoms. The molecule has 3 aromatic rings. The minimum absolute atomic E-state index is 0.118. The Morgan fingerprint density at radius 2 is 2.03 bits per heavy atom. The second-order valence-electron chi connectivity index (χ2n) is 8.48. The number of hydrogen-bond donors (Lipinski definition) is 1. The quantitative estimate of drug-likeness (QED) is 0.586. The Morgan fingerprint density at radius 3 is 2.78 bits per heavy atom. The van der Waals surface area contributed by atoms with Crippen molar-refractivity contribution in [3.8, 4) is 16.9 Å². The molecule has 4 rings (SSSR count). The Bertz CT molecular complexity index is 1220. The van der Waals surface area contributed by atoms with Crippen LogP contribution in [0.15, 0.2) is 35.4 Å². The minimum atomic E-state index is -3.75. The molecule has 0 spiro atoms. The molecule has 9 heteroatoms. The maximum absolute atomic E-state index is 13.2. The number of likely N-dealkylation sites (tertiary alicyclic amines) is 1. The molecule has 1 unspecified atom stereocenters. The number of benzene rings is 1. The molecule has 1 fully saturated rings. The first kappa shape index (κ1) is 22.7. The average Bonchev–Trinajstić information content (AvgIpc) is 3.18. The fraction of sp³-hybridized carbons (Fsp3) is 0.478. The van der Waals surface area contributed by atoms with Gasteiger partial charge in [0.25, 0.3) is 0 Å². The number of hydrogen-bond acceptors (Lipinski definition) is 6. The first-order valence-corrected chi connectivity index (χ1v) is 12.5. The monoisotopic (exact) mass is 457 g/mol. The summed E-state index contributed by atoms with van der Waals surface area (Å²) in [4.78, 5) is 7.08. The fourth-order valence-electron chi connectivity index (χ4n) is 4.42. The molecule has 0 saturated carbocycles. The lowest BCUT2D eigenvalue weighted by Crippen LogP contribution is -2.42. The number of aromatic nitrogens is 3. The van der Waals surface area contributed by atoms with Crippen LogP contribution in [0.5, 0.6) is 5.75 Å². The second-order valence-corrected chi connectivity index (χ2v) is 10.2. The van der Waals surface area contributed by atoms with Gasteiger partial charge in [-0.3, -0.25) is 4.90 Å². The number of fused-ring (bicyclic) bond motifs is 1. The zero-order valence-electron chi connectivity index (χ0n) is 19.1. The fourth-order valence-corrected chi connectivity index (χ4v) is 5.63. The summed E-state index contributed by atoms with van der Waals surface area (Å²) in [6.07, 6.45) is 5.29. The van der Waals surface area contributed by atoms with E-state index in [-0.39, 0.29) is 4.90 Å². The Kier molecular flexibility index (Phi) is 6.50. The molecule has 1 aliphatic heterocycles. The topological polar surface area (TPSA) is 88.8 Å². The summed E-state index contributed by atoms with van der Waals surface area (Å²) in [5.41, 5.74) is 4.05. The number of nitrogens with zero attached hydrogens (tertiary/aromatic N) is 4. The predicted octanol–water partition coefficient (Wildman–Crippen LogP) is 3.17. The highest BCUT2D eigenvalue weighted by molar-refractivity contribution is 7.89. The van der Waals surface area contributed by atoms with Crippen LogP contribution in [0.25, 0.3) is 16.8 Å². The number of aryl methyl sites for hydroxylation is 2. The van der Waals surface area contributed by atoms with Crippen molar-refractivity contribution in [2.75, 3.05) is 26.7 Å². The maximum Gasteiger partial charge on any atom is 0.244 e. The van der Waals surface area contributed by atoms with Gasteiger partial charge in [0, 0.05) is 36.1 Å². The summed E-state index contributed by atoms with van der Waals surface area (Å²) in [5.74, 6) is 0.310. The number of ether oxygens (including phenoxy) is 1. The van der Waals surface area contributed by atoms with Crippen molar-refractivity contribution >= 4 is 15.7 Å². The van der Waals surface area contributed by atoms with E-state index in [2.05, 4.69) is 26.6 Å². The number of piperidine rings is 1. The Hall–Kier alpha value is -2.49. The van der Waals surface area contributed by atoms with Crippen LogP contribution in [0.4, 0.5) is 0 Å². The second kappa shape index (κ2) is 9.17. The van der Waals surface area contributed by atoms with Crippen LogP contribution in [0, 0.1) is 13.8 Å². The number of nitrogens with one attached hydrogen (secondary N) is 1. The van der Waals surface area contributed by atoms with Gasteiger partial charge in [-0.05, 0) is 63.9 Å². The maximum atomic E-state index is 13.2. The Morgan fingerprint density at radius 1 is 1.22 bits per heavy atom. The normalized spacial score (nSPS) is 17.7. The largest absolute Gasteiger partial charge is 0.495 e. The van der Waals surface area contributed by atoms with Crippen molar-refractivity contribution in [3.63, 3.8) is 0 Å². The van der Waals surface area contributed by atoms with Crippen molar-refractivity contribution < 1.29 is 13.2 Å². The van der Waals surface area contributed by atoms with Crippen molar-refractivity contribution in [1.82, 2.24) is 24.2 Å². The van der Waals surface area contributed by atoms with E-state index in [4.69, 9.17) is 4.74 Å². The van der Waals surface area contributed by atoms with Gasteiger partial charge in [-0.25, -0.2) is 22.6 Å². The van der Waals surface area contributed by atoms with Crippen LogP contribution in [0.1, 0.15) is 37.6 Å². The summed E-state index contributed by atoms with van der Waals surface area (Å²) in [6.45, 7) is 8.17. The molecule has 172 valence electrons. The van der Waals surface area contributed by atoms with Gasteiger partial charge in [-0.1, -0.05) is 12.5 Å². The zero-order valence-corrected chi connectivity index (χ0v) is 19.9. The van der Waals surface area contributed by atoms with Crippen LogP contribution in [0.3, 0.4) is 0 Å². The summed E-state index contributed by atoms with van der Waals surface area (Å²) in [6, 6.07) is 7.61.